The summed E-state index contributed by atoms with van der Waals surface area (Å²) in [5.74, 6) is 0. The van der Waals surface area contributed by atoms with E-state index >= 15 is 0 Å². The SMILES string of the molecule is O=S(=O)([O-])[O-].O[Si](O)(O)Cl.[Ca+2]. The normalized spacial score (nSPS) is 10.7. The van der Waals surface area contributed by atoms with Crippen LogP contribution in [0.1, 0.15) is 0 Å². The fraction of sp³-hybridized carbons (Fsp3) is 0. The monoisotopic (exact) mass is 250 g/mol. The second kappa shape index (κ2) is 6.97. The van der Waals surface area contributed by atoms with Crippen molar-refractivity contribution in [2.24, 2.45) is 0 Å². The third-order valence-electron chi connectivity index (χ3n) is 0. The van der Waals surface area contributed by atoms with Crippen LogP contribution in [0.4, 0.5) is 0 Å². The van der Waals surface area contributed by atoms with Gasteiger partial charge in [-0.2, -0.15) is 0 Å². The predicted molar refractivity (Wildman–Crippen MR) is 34.5 cm³/mol. The number of hydrogen-bond donors (Lipinski definition) is 3. The van der Waals surface area contributed by atoms with Gasteiger partial charge in [0, 0.05) is 10.4 Å². The third-order valence-corrected chi connectivity index (χ3v) is 0. The summed E-state index contributed by atoms with van der Waals surface area (Å²) in [6.07, 6.45) is 0. The largest absolute Gasteiger partial charge is 2.00 e. The van der Waals surface area contributed by atoms with Crippen molar-refractivity contribution in [2.45, 2.75) is 0 Å². The van der Waals surface area contributed by atoms with E-state index in [4.69, 9.17) is 31.9 Å². The molecule has 0 radical (unpaired) electrons. The molecule has 11 heavy (non-hydrogen) atoms. The minimum Gasteiger partial charge on any atom is -0.759 e. The standard InChI is InChI=1S/Ca.ClH3O3Si.H2O4S/c;2*1-5(2,3)4/h;2-4H;(H2,1,2,3,4)/q+2;;/p-2. The molecule has 0 bridgehead atoms. The summed E-state index contributed by atoms with van der Waals surface area (Å²) >= 11 is 4.34. The van der Waals surface area contributed by atoms with Gasteiger partial charge in [0.05, 0.1) is 0 Å². The van der Waals surface area contributed by atoms with Crippen molar-refractivity contribution in [2.75, 3.05) is 0 Å². The van der Waals surface area contributed by atoms with Gasteiger partial charge in [0.25, 0.3) is 0 Å². The van der Waals surface area contributed by atoms with Gasteiger partial charge in [-0.3, -0.25) is 8.42 Å². The topological polar surface area (TPSA) is 141 Å². The van der Waals surface area contributed by atoms with Gasteiger partial charge < -0.3 is 23.5 Å². The number of halogens is 1. The van der Waals surface area contributed by atoms with Crippen LogP contribution in [-0.4, -0.2) is 77.8 Å². The quantitative estimate of drug-likeness (QED) is 0.179. The molecule has 0 atom stereocenters. The van der Waals surface area contributed by atoms with Gasteiger partial charge in [-0.1, -0.05) is 11.1 Å². The van der Waals surface area contributed by atoms with E-state index in [1.165, 1.54) is 0 Å². The van der Waals surface area contributed by atoms with E-state index in [1.54, 1.807) is 0 Å². The van der Waals surface area contributed by atoms with E-state index < -0.39 is 18.5 Å². The van der Waals surface area contributed by atoms with E-state index in [0.29, 0.717) is 0 Å². The summed E-state index contributed by atoms with van der Waals surface area (Å²) < 4.78 is 34.1. The van der Waals surface area contributed by atoms with Crippen LogP contribution >= 0.6 is 11.1 Å². The van der Waals surface area contributed by atoms with Crippen LogP contribution in [0.25, 0.3) is 0 Å². The minimum absolute atomic E-state index is 0. The molecule has 0 rings (SSSR count). The van der Waals surface area contributed by atoms with Crippen molar-refractivity contribution in [3.05, 3.63) is 0 Å². The van der Waals surface area contributed by atoms with Crippen molar-refractivity contribution in [1.82, 2.24) is 0 Å². The fourth-order valence-corrected chi connectivity index (χ4v) is 0. The van der Waals surface area contributed by atoms with E-state index in [2.05, 4.69) is 11.1 Å². The molecule has 7 nitrogen and oxygen atoms in total. The molecule has 64 valence electrons. The first-order valence-corrected chi connectivity index (χ1v) is 5.71. The molecular weight excluding hydrogens is 248 g/mol. The second-order valence-electron chi connectivity index (χ2n) is 0.962. The maximum Gasteiger partial charge on any atom is 2.00 e. The van der Waals surface area contributed by atoms with Crippen LogP contribution in [-0.2, 0) is 10.4 Å². The maximum absolute atomic E-state index is 8.52. The molecule has 0 spiro atoms. The molecular formula is H3CaClO7SSi. The molecule has 0 aromatic rings. The summed E-state index contributed by atoms with van der Waals surface area (Å²) in [5, 5.41) is 0. The first-order valence-electron chi connectivity index (χ1n) is 1.53. The van der Waals surface area contributed by atoms with Crippen LogP contribution in [0.2, 0.25) is 0 Å². The number of rotatable bonds is 0. The molecule has 0 aliphatic heterocycles. The zero-order valence-electron chi connectivity index (χ0n) is 4.97. The molecule has 0 aliphatic rings. The molecule has 0 aromatic carbocycles. The molecule has 0 aliphatic carbocycles. The molecule has 0 heterocycles. The predicted octanol–water partition coefficient (Wildman–Crippen LogP) is -3.08. The van der Waals surface area contributed by atoms with Crippen LogP contribution in [0.5, 0.6) is 0 Å². The molecule has 0 amide bonds. The Balaban J connectivity index is -0.000000107. The third kappa shape index (κ3) is 453. The maximum atomic E-state index is 8.52. The van der Waals surface area contributed by atoms with Crippen LogP contribution in [0, 0.1) is 0 Å². The average molecular weight is 251 g/mol. The molecule has 0 unspecified atom stereocenters. The Morgan fingerprint density at radius 2 is 1.18 bits per heavy atom. The van der Waals surface area contributed by atoms with Crippen molar-refractivity contribution in [1.29, 1.82) is 0 Å². The first kappa shape index (κ1) is 18.3. The Morgan fingerprint density at radius 3 is 1.18 bits per heavy atom. The molecule has 3 N–H and O–H groups in total. The first-order chi connectivity index (χ1) is 4.00. The van der Waals surface area contributed by atoms with Gasteiger partial charge >= 0.3 is 45.9 Å². The van der Waals surface area contributed by atoms with E-state index in [0.717, 1.165) is 0 Å². The average Bonchev–Trinajstić information content (AvgIpc) is 1.12. The summed E-state index contributed by atoms with van der Waals surface area (Å²) in [5.41, 5.74) is 0. The van der Waals surface area contributed by atoms with Gasteiger partial charge in [-0.05, 0) is 0 Å². The van der Waals surface area contributed by atoms with Gasteiger partial charge in [0.15, 0.2) is 0 Å². The van der Waals surface area contributed by atoms with E-state index in [1.807, 2.05) is 0 Å². The molecule has 11 heteroatoms. The smallest absolute Gasteiger partial charge is 0.759 e. The molecule has 0 saturated carbocycles. The summed E-state index contributed by atoms with van der Waals surface area (Å²) in [6.45, 7) is 0. The Kier molecular flexibility index (Phi) is 11.6. The second-order valence-corrected chi connectivity index (χ2v) is 4.41. The Hall–Kier alpha value is 1.52. The van der Waals surface area contributed by atoms with Crippen LogP contribution in [0.15, 0.2) is 0 Å². The summed E-state index contributed by atoms with van der Waals surface area (Å²) in [4.78, 5) is 22.6. The fourth-order valence-electron chi connectivity index (χ4n) is 0. The van der Waals surface area contributed by atoms with Crippen LogP contribution in [0.3, 0.4) is 0 Å². The zero-order chi connectivity index (χ0) is 9.00. The van der Waals surface area contributed by atoms with Crippen molar-refractivity contribution < 1.29 is 31.9 Å². The van der Waals surface area contributed by atoms with Gasteiger partial charge in [0.1, 0.15) is 0 Å². The molecule has 0 aromatic heterocycles. The van der Waals surface area contributed by atoms with Gasteiger partial charge in [0.2, 0.25) is 0 Å². The van der Waals surface area contributed by atoms with Crippen molar-refractivity contribution in [3.8, 4) is 0 Å². The minimum atomic E-state index is -5.17. The number of hydrogen-bond acceptors (Lipinski definition) is 7. The summed E-state index contributed by atoms with van der Waals surface area (Å²) in [7, 11) is -9.31. The van der Waals surface area contributed by atoms with Gasteiger partial charge in [-0.25, -0.2) is 0 Å². The van der Waals surface area contributed by atoms with Crippen molar-refractivity contribution in [3.63, 3.8) is 0 Å². The Morgan fingerprint density at radius 1 is 1.18 bits per heavy atom. The summed E-state index contributed by atoms with van der Waals surface area (Å²) in [6, 6.07) is 0. The Labute approximate surface area is 98.3 Å². The Bertz CT molecular complexity index is 153. The zero-order valence-corrected chi connectivity index (χ0v) is 9.75. The van der Waals surface area contributed by atoms with Crippen molar-refractivity contribution >= 4 is 67.3 Å². The van der Waals surface area contributed by atoms with Crippen LogP contribution < -0.4 is 0 Å². The van der Waals surface area contributed by atoms with E-state index in [-0.39, 0.29) is 37.7 Å². The van der Waals surface area contributed by atoms with E-state index in [9.17, 15) is 0 Å². The van der Waals surface area contributed by atoms with Gasteiger partial charge in [-0.15, -0.1) is 0 Å². The molecule has 0 saturated heterocycles. The molecule has 0 fully saturated rings.